The predicted octanol–water partition coefficient (Wildman–Crippen LogP) is 1.07. The van der Waals surface area contributed by atoms with Gasteiger partial charge in [-0.3, -0.25) is 4.90 Å². The fourth-order valence-electron chi connectivity index (χ4n) is 2.37. The Morgan fingerprint density at radius 1 is 1.46 bits per heavy atom. The van der Waals surface area contributed by atoms with Gasteiger partial charge in [0.2, 0.25) is 0 Å². The van der Waals surface area contributed by atoms with E-state index in [-0.39, 0.29) is 6.15 Å². The summed E-state index contributed by atoms with van der Waals surface area (Å²) in [4.78, 5) is 18.7. The average Bonchev–Trinajstić information content (AvgIpc) is 2.04. The molecule has 72 valence electrons. The standard InChI is InChI=1S/C9H15N.CO2/c1-7-5-8-3-4-9(7)10(2)6-8;2-1-3/h5,8-9H,3-4,6H2,1-2H3;. The van der Waals surface area contributed by atoms with Crippen LogP contribution in [0.3, 0.4) is 0 Å². The lowest BCUT2D eigenvalue weighted by Gasteiger charge is -2.42. The molecule has 1 aliphatic carbocycles. The fraction of sp³-hybridized carbons (Fsp3) is 0.700. The SMILES string of the molecule is CC1=CC2CCC1N(C)C2.O=C=O. The van der Waals surface area contributed by atoms with E-state index in [0.717, 1.165) is 12.0 Å². The van der Waals surface area contributed by atoms with Gasteiger partial charge in [-0.05, 0) is 32.7 Å². The van der Waals surface area contributed by atoms with Gasteiger partial charge in [0.15, 0.2) is 0 Å². The van der Waals surface area contributed by atoms with Crippen molar-refractivity contribution in [2.75, 3.05) is 13.6 Å². The maximum absolute atomic E-state index is 8.12. The van der Waals surface area contributed by atoms with Crippen molar-refractivity contribution in [2.24, 2.45) is 5.92 Å². The van der Waals surface area contributed by atoms with Crippen molar-refractivity contribution >= 4 is 6.15 Å². The summed E-state index contributed by atoms with van der Waals surface area (Å²) in [5.74, 6) is 0.870. The summed E-state index contributed by atoms with van der Waals surface area (Å²) in [6.45, 7) is 3.56. The van der Waals surface area contributed by atoms with Gasteiger partial charge in [-0.25, -0.2) is 0 Å². The van der Waals surface area contributed by atoms with Gasteiger partial charge in [0, 0.05) is 12.6 Å². The van der Waals surface area contributed by atoms with Crippen LogP contribution in [-0.2, 0) is 9.59 Å². The predicted molar refractivity (Wildman–Crippen MR) is 47.9 cm³/mol. The average molecular weight is 181 g/mol. The summed E-state index contributed by atoms with van der Waals surface area (Å²) >= 11 is 0. The summed E-state index contributed by atoms with van der Waals surface area (Å²) in [6.07, 6.45) is 5.53. The summed E-state index contributed by atoms with van der Waals surface area (Å²) < 4.78 is 0. The van der Waals surface area contributed by atoms with Gasteiger partial charge < -0.3 is 0 Å². The lowest BCUT2D eigenvalue weighted by molar-refractivity contribution is -0.191. The van der Waals surface area contributed by atoms with E-state index in [1.807, 2.05) is 0 Å². The van der Waals surface area contributed by atoms with Crippen LogP contribution < -0.4 is 0 Å². The molecule has 2 aliphatic heterocycles. The molecule has 0 aromatic heterocycles. The Morgan fingerprint density at radius 2 is 2.08 bits per heavy atom. The highest BCUT2D eigenvalue weighted by Gasteiger charge is 2.30. The van der Waals surface area contributed by atoms with Crippen molar-refractivity contribution in [1.82, 2.24) is 4.90 Å². The van der Waals surface area contributed by atoms with Gasteiger partial charge in [-0.15, -0.1) is 0 Å². The Labute approximate surface area is 78.4 Å². The Balaban J connectivity index is 0.000000251. The molecular formula is C10H15NO2. The number of hydrogen-bond donors (Lipinski definition) is 0. The van der Waals surface area contributed by atoms with E-state index in [0.29, 0.717) is 0 Å². The summed E-state index contributed by atoms with van der Waals surface area (Å²) in [5, 5.41) is 0. The Hall–Kier alpha value is -0.920. The van der Waals surface area contributed by atoms with Crippen LogP contribution >= 0.6 is 0 Å². The van der Waals surface area contributed by atoms with Crippen LogP contribution in [0.1, 0.15) is 19.8 Å². The van der Waals surface area contributed by atoms with E-state index in [1.54, 1.807) is 5.57 Å². The fourth-order valence-corrected chi connectivity index (χ4v) is 2.37. The molecule has 3 nitrogen and oxygen atoms in total. The van der Waals surface area contributed by atoms with Gasteiger partial charge in [-0.2, -0.15) is 9.59 Å². The molecule has 0 radical (unpaired) electrons. The molecule has 0 saturated carbocycles. The van der Waals surface area contributed by atoms with Crippen LogP contribution in [0.5, 0.6) is 0 Å². The van der Waals surface area contributed by atoms with Crippen LogP contribution in [0.25, 0.3) is 0 Å². The number of hydrogen-bond acceptors (Lipinski definition) is 3. The highest BCUT2D eigenvalue weighted by atomic mass is 16.2. The molecule has 3 rings (SSSR count). The quantitative estimate of drug-likeness (QED) is 0.525. The first-order chi connectivity index (χ1) is 6.19. The van der Waals surface area contributed by atoms with Crippen molar-refractivity contribution < 1.29 is 9.59 Å². The molecular weight excluding hydrogens is 166 g/mol. The van der Waals surface area contributed by atoms with Gasteiger partial charge in [0.1, 0.15) is 0 Å². The Morgan fingerprint density at radius 3 is 2.38 bits per heavy atom. The molecule has 3 aliphatic rings. The number of carbonyl (C=O) groups excluding carboxylic acids is 2. The summed E-state index contributed by atoms with van der Waals surface area (Å²) in [5.41, 5.74) is 1.60. The van der Waals surface area contributed by atoms with E-state index >= 15 is 0 Å². The molecule has 0 amide bonds. The number of likely N-dealkylation sites (N-methyl/N-ethyl adjacent to an activating group) is 1. The minimum absolute atomic E-state index is 0.250. The second-order valence-corrected chi connectivity index (χ2v) is 3.79. The van der Waals surface area contributed by atoms with E-state index in [2.05, 4.69) is 24.9 Å². The van der Waals surface area contributed by atoms with Gasteiger partial charge in [0.05, 0.1) is 0 Å². The Bertz CT molecular complexity index is 241. The minimum atomic E-state index is 0.250. The maximum atomic E-state index is 8.12. The second-order valence-electron chi connectivity index (χ2n) is 3.79. The highest BCUT2D eigenvalue weighted by Crippen LogP contribution is 2.32. The molecule has 2 unspecified atom stereocenters. The maximum Gasteiger partial charge on any atom is 0.373 e. The number of fused-ring (bicyclic) bond motifs is 2. The summed E-state index contributed by atoms with van der Waals surface area (Å²) in [7, 11) is 2.24. The van der Waals surface area contributed by atoms with Crippen molar-refractivity contribution in [3.63, 3.8) is 0 Å². The number of rotatable bonds is 0. The van der Waals surface area contributed by atoms with E-state index in [9.17, 15) is 0 Å². The molecule has 1 fully saturated rings. The molecule has 2 bridgehead atoms. The topological polar surface area (TPSA) is 37.4 Å². The Kier molecular flexibility index (Phi) is 3.40. The lowest BCUT2D eigenvalue weighted by Crippen LogP contribution is -2.44. The van der Waals surface area contributed by atoms with Crippen molar-refractivity contribution in [3.05, 3.63) is 11.6 Å². The zero-order chi connectivity index (χ0) is 9.84. The van der Waals surface area contributed by atoms with Crippen LogP contribution in [0.4, 0.5) is 0 Å². The number of piperidine rings is 1. The van der Waals surface area contributed by atoms with Crippen LogP contribution in [0, 0.1) is 5.92 Å². The first kappa shape index (κ1) is 10.2. The van der Waals surface area contributed by atoms with Crippen LogP contribution in [-0.4, -0.2) is 30.7 Å². The zero-order valence-electron chi connectivity index (χ0n) is 8.12. The smallest absolute Gasteiger partial charge is 0.299 e. The van der Waals surface area contributed by atoms with Crippen LogP contribution in [0.15, 0.2) is 11.6 Å². The molecule has 0 spiro atoms. The minimum Gasteiger partial charge on any atom is -0.299 e. The van der Waals surface area contributed by atoms with Crippen molar-refractivity contribution in [3.8, 4) is 0 Å². The molecule has 3 heteroatoms. The largest absolute Gasteiger partial charge is 0.373 e. The summed E-state index contributed by atoms with van der Waals surface area (Å²) in [6, 6.07) is 0.782. The first-order valence-electron chi connectivity index (χ1n) is 4.57. The van der Waals surface area contributed by atoms with Crippen LogP contribution in [0.2, 0.25) is 0 Å². The third-order valence-corrected chi connectivity index (χ3v) is 2.89. The van der Waals surface area contributed by atoms with E-state index in [4.69, 9.17) is 9.59 Å². The zero-order valence-corrected chi connectivity index (χ0v) is 8.12. The van der Waals surface area contributed by atoms with E-state index in [1.165, 1.54) is 19.4 Å². The third-order valence-electron chi connectivity index (χ3n) is 2.89. The van der Waals surface area contributed by atoms with Gasteiger partial charge in [0.25, 0.3) is 0 Å². The second kappa shape index (κ2) is 4.35. The molecule has 1 saturated heterocycles. The number of nitrogens with zero attached hydrogens (tertiary/aromatic N) is 1. The molecule has 0 aromatic carbocycles. The first-order valence-corrected chi connectivity index (χ1v) is 4.57. The van der Waals surface area contributed by atoms with Gasteiger partial charge in [-0.1, -0.05) is 11.6 Å². The normalized spacial score (nSPS) is 31.4. The molecule has 0 N–H and O–H groups in total. The molecule has 2 atom stereocenters. The van der Waals surface area contributed by atoms with Crippen molar-refractivity contribution in [2.45, 2.75) is 25.8 Å². The molecule has 0 aromatic rings. The molecule has 13 heavy (non-hydrogen) atoms. The van der Waals surface area contributed by atoms with Gasteiger partial charge >= 0.3 is 6.15 Å². The third kappa shape index (κ3) is 2.27. The monoisotopic (exact) mass is 181 g/mol. The van der Waals surface area contributed by atoms with Crippen molar-refractivity contribution in [1.29, 1.82) is 0 Å². The highest BCUT2D eigenvalue weighted by molar-refractivity contribution is 5.20. The lowest BCUT2D eigenvalue weighted by atomic mass is 9.82. The molecule has 2 heterocycles. The van der Waals surface area contributed by atoms with E-state index < -0.39 is 0 Å².